The molecule has 1 fully saturated rings. The molecule has 1 aliphatic heterocycles. The lowest BCUT2D eigenvalue weighted by Crippen LogP contribution is -2.34. The van der Waals surface area contributed by atoms with Crippen molar-refractivity contribution < 1.29 is 23.9 Å². The van der Waals surface area contributed by atoms with Gasteiger partial charge in [0, 0.05) is 18.7 Å². The van der Waals surface area contributed by atoms with E-state index < -0.39 is 5.97 Å². The van der Waals surface area contributed by atoms with Gasteiger partial charge in [0.25, 0.3) is 0 Å². The third-order valence-corrected chi connectivity index (χ3v) is 4.73. The zero-order chi connectivity index (χ0) is 18.7. The van der Waals surface area contributed by atoms with E-state index in [1.165, 1.54) is 18.1 Å². The van der Waals surface area contributed by atoms with Crippen molar-refractivity contribution in [3.05, 3.63) is 42.0 Å². The van der Waals surface area contributed by atoms with Crippen LogP contribution in [0.3, 0.4) is 0 Å². The summed E-state index contributed by atoms with van der Waals surface area (Å²) in [7, 11) is 1.28. The number of imide groups is 1. The molecule has 0 bridgehead atoms. The summed E-state index contributed by atoms with van der Waals surface area (Å²) >= 11 is 0. The number of amides is 3. The number of rotatable bonds is 5. The third-order valence-electron chi connectivity index (χ3n) is 4.73. The van der Waals surface area contributed by atoms with E-state index in [-0.39, 0.29) is 42.5 Å². The van der Waals surface area contributed by atoms with Gasteiger partial charge in [-0.1, -0.05) is 18.2 Å². The Labute approximate surface area is 151 Å². The summed E-state index contributed by atoms with van der Waals surface area (Å²) in [6, 6.07) is 6.37. The fraction of sp³-hybridized carbons (Fsp3) is 0.368. The lowest BCUT2D eigenvalue weighted by molar-refractivity contribution is -0.140. The Morgan fingerprint density at radius 1 is 1.15 bits per heavy atom. The topological polar surface area (TPSA) is 92.8 Å². The van der Waals surface area contributed by atoms with Gasteiger partial charge >= 0.3 is 5.97 Å². The number of allylic oxidation sites excluding steroid dienone is 2. The molecule has 1 aliphatic carbocycles. The molecule has 136 valence electrons. The van der Waals surface area contributed by atoms with Gasteiger partial charge in [0.05, 0.1) is 24.5 Å². The van der Waals surface area contributed by atoms with Crippen molar-refractivity contribution in [1.29, 1.82) is 0 Å². The van der Waals surface area contributed by atoms with Crippen molar-refractivity contribution in [2.45, 2.75) is 19.3 Å². The van der Waals surface area contributed by atoms with Crippen LogP contribution in [0.25, 0.3) is 0 Å². The number of hydrogen-bond donors (Lipinski definition) is 1. The van der Waals surface area contributed by atoms with Crippen molar-refractivity contribution in [1.82, 2.24) is 4.90 Å². The normalized spacial score (nSPS) is 21.5. The van der Waals surface area contributed by atoms with Gasteiger partial charge in [0.1, 0.15) is 0 Å². The first-order valence-corrected chi connectivity index (χ1v) is 8.49. The second-order valence-electron chi connectivity index (χ2n) is 6.35. The van der Waals surface area contributed by atoms with Crippen LogP contribution < -0.4 is 5.32 Å². The molecule has 7 nitrogen and oxygen atoms in total. The highest BCUT2D eigenvalue weighted by molar-refractivity contribution is 6.06. The maximum absolute atomic E-state index is 12.4. The molecule has 0 unspecified atom stereocenters. The van der Waals surface area contributed by atoms with Gasteiger partial charge in [0.15, 0.2) is 0 Å². The quantitative estimate of drug-likeness (QED) is 0.493. The minimum Gasteiger partial charge on any atom is -0.465 e. The summed E-state index contributed by atoms with van der Waals surface area (Å²) in [4.78, 5) is 49.6. The highest BCUT2D eigenvalue weighted by atomic mass is 16.5. The molecule has 7 heteroatoms. The molecule has 0 radical (unpaired) electrons. The molecule has 26 heavy (non-hydrogen) atoms. The lowest BCUT2D eigenvalue weighted by atomic mass is 9.85. The van der Waals surface area contributed by atoms with Gasteiger partial charge in [-0.3, -0.25) is 19.3 Å². The molecular weight excluding hydrogens is 336 g/mol. The predicted octanol–water partition coefficient (Wildman–Crippen LogP) is 1.75. The first-order valence-electron chi connectivity index (χ1n) is 8.49. The fourth-order valence-electron chi connectivity index (χ4n) is 3.37. The fourth-order valence-corrected chi connectivity index (χ4v) is 3.37. The Hall–Kier alpha value is -2.96. The summed E-state index contributed by atoms with van der Waals surface area (Å²) in [5, 5.41) is 2.67. The molecule has 3 amide bonds. The number of methoxy groups -OCH3 is 1. The highest BCUT2D eigenvalue weighted by Crippen LogP contribution is 2.35. The Morgan fingerprint density at radius 3 is 2.42 bits per heavy atom. The maximum atomic E-state index is 12.4. The molecule has 1 aromatic carbocycles. The summed E-state index contributed by atoms with van der Waals surface area (Å²) in [5.41, 5.74) is 0.779. The van der Waals surface area contributed by atoms with Crippen molar-refractivity contribution in [3.8, 4) is 0 Å². The number of carbonyl (C=O) groups excluding carboxylic acids is 4. The van der Waals surface area contributed by atoms with Gasteiger partial charge in [-0.15, -0.1) is 0 Å². The second-order valence-corrected chi connectivity index (χ2v) is 6.35. The Balaban J connectivity index is 1.57. The molecular formula is C19H20N2O5. The molecule has 1 N–H and O–H groups in total. The number of ether oxygens (including phenoxy) is 1. The van der Waals surface area contributed by atoms with Crippen LogP contribution in [0.2, 0.25) is 0 Å². The minimum atomic E-state index is -0.495. The van der Waals surface area contributed by atoms with E-state index in [4.69, 9.17) is 0 Å². The molecule has 0 spiro atoms. The standard InChI is InChI=1S/C19H20N2O5/c1-26-19(25)12-5-4-6-13(11-12)20-16(22)9-10-21-17(23)14-7-2-3-8-15(14)18(21)24/h2-6,11,14-15H,7-10H2,1H3,(H,20,22)/t14-,15-/m1/s1. The Morgan fingerprint density at radius 2 is 1.81 bits per heavy atom. The molecule has 2 aliphatic rings. The van der Waals surface area contributed by atoms with Crippen LogP contribution in [-0.2, 0) is 19.1 Å². The van der Waals surface area contributed by atoms with Crippen LogP contribution >= 0.6 is 0 Å². The van der Waals surface area contributed by atoms with E-state index in [0.29, 0.717) is 24.1 Å². The SMILES string of the molecule is COC(=O)c1cccc(NC(=O)CCN2C(=O)[C@@H]3CC=CC[C@H]3C2=O)c1. The third kappa shape index (κ3) is 3.51. The van der Waals surface area contributed by atoms with Gasteiger partial charge in [-0.25, -0.2) is 4.79 Å². The smallest absolute Gasteiger partial charge is 0.337 e. The van der Waals surface area contributed by atoms with Crippen molar-refractivity contribution in [2.24, 2.45) is 11.8 Å². The molecule has 1 saturated heterocycles. The van der Waals surface area contributed by atoms with Gasteiger partial charge in [-0.05, 0) is 31.0 Å². The molecule has 3 rings (SSSR count). The number of esters is 1. The van der Waals surface area contributed by atoms with Crippen LogP contribution in [0, 0.1) is 11.8 Å². The van der Waals surface area contributed by atoms with Crippen LogP contribution in [0.4, 0.5) is 5.69 Å². The molecule has 0 saturated carbocycles. The molecule has 0 aromatic heterocycles. The lowest BCUT2D eigenvalue weighted by Gasteiger charge is -2.14. The van der Waals surface area contributed by atoms with E-state index in [0.717, 1.165) is 0 Å². The minimum absolute atomic E-state index is 0.00675. The van der Waals surface area contributed by atoms with Crippen LogP contribution in [-0.4, -0.2) is 42.2 Å². The Bertz CT molecular complexity index is 760. The number of nitrogens with zero attached hydrogens (tertiary/aromatic N) is 1. The monoisotopic (exact) mass is 356 g/mol. The van der Waals surface area contributed by atoms with Gasteiger partial charge in [-0.2, -0.15) is 0 Å². The first-order chi connectivity index (χ1) is 12.5. The summed E-state index contributed by atoms with van der Waals surface area (Å²) in [6.45, 7) is 0.0627. The number of anilines is 1. The number of fused-ring (bicyclic) bond motifs is 1. The van der Waals surface area contributed by atoms with E-state index in [9.17, 15) is 19.2 Å². The zero-order valence-electron chi connectivity index (χ0n) is 14.4. The van der Waals surface area contributed by atoms with Crippen LogP contribution in [0.15, 0.2) is 36.4 Å². The molecule has 1 aromatic rings. The summed E-state index contributed by atoms with van der Waals surface area (Å²) < 4.78 is 4.64. The second kappa shape index (κ2) is 7.51. The number of benzene rings is 1. The van der Waals surface area contributed by atoms with E-state index in [2.05, 4.69) is 10.1 Å². The van der Waals surface area contributed by atoms with Crippen molar-refractivity contribution in [2.75, 3.05) is 19.0 Å². The number of carbonyl (C=O) groups is 4. The van der Waals surface area contributed by atoms with E-state index >= 15 is 0 Å². The number of nitrogens with one attached hydrogen (secondary N) is 1. The summed E-state index contributed by atoms with van der Waals surface area (Å²) in [6.07, 6.45) is 5.02. The van der Waals surface area contributed by atoms with E-state index in [1.54, 1.807) is 18.2 Å². The van der Waals surface area contributed by atoms with Crippen LogP contribution in [0.5, 0.6) is 0 Å². The average Bonchev–Trinajstić information content (AvgIpc) is 2.90. The number of hydrogen-bond acceptors (Lipinski definition) is 5. The van der Waals surface area contributed by atoms with E-state index in [1.807, 2.05) is 12.2 Å². The van der Waals surface area contributed by atoms with Crippen molar-refractivity contribution in [3.63, 3.8) is 0 Å². The largest absolute Gasteiger partial charge is 0.465 e. The van der Waals surface area contributed by atoms with Crippen LogP contribution in [0.1, 0.15) is 29.6 Å². The van der Waals surface area contributed by atoms with Gasteiger partial charge < -0.3 is 10.1 Å². The predicted molar refractivity (Wildman–Crippen MR) is 93.1 cm³/mol. The average molecular weight is 356 g/mol. The van der Waals surface area contributed by atoms with Gasteiger partial charge in [0.2, 0.25) is 17.7 Å². The first kappa shape index (κ1) is 17.8. The molecule has 2 atom stereocenters. The molecule has 1 heterocycles. The highest BCUT2D eigenvalue weighted by Gasteiger charge is 2.46. The number of likely N-dealkylation sites (tertiary alicyclic amines) is 1. The van der Waals surface area contributed by atoms with Crippen molar-refractivity contribution >= 4 is 29.4 Å². The zero-order valence-corrected chi connectivity index (χ0v) is 14.4. The summed E-state index contributed by atoms with van der Waals surface area (Å²) in [5.74, 6) is -1.78. The maximum Gasteiger partial charge on any atom is 0.337 e. The Kier molecular flexibility index (Phi) is 5.16.